The molecule has 0 spiro atoms. The van der Waals surface area contributed by atoms with Crippen molar-refractivity contribution in [1.82, 2.24) is 5.32 Å². The molecule has 2 amide bonds. The predicted octanol–water partition coefficient (Wildman–Crippen LogP) is 3.45. The molecule has 0 radical (unpaired) electrons. The largest absolute Gasteiger partial charge is 0.491 e. The molecule has 1 heterocycles. The van der Waals surface area contributed by atoms with Gasteiger partial charge in [0.1, 0.15) is 12.4 Å². The van der Waals surface area contributed by atoms with Gasteiger partial charge in [-0.15, -0.1) is 0 Å². The van der Waals surface area contributed by atoms with Gasteiger partial charge in [0.15, 0.2) is 0 Å². The minimum Gasteiger partial charge on any atom is -0.491 e. The zero-order valence-corrected chi connectivity index (χ0v) is 16.0. The SMILES string of the molecule is CC(=O)NC(CC(=O)Nc1cccc(OCC2CCCO2)c1)c1ccccc1. The maximum absolute atomic E-state index is 12.5. The minimum atomic E-state index is -0.377. The number of benzene rings is 2. The third-order valence-corrected chi connectivity index (χ3v) is 4.55. The average Bonchev–Trinajstić information content (AvgIpc) is 3.20. The number of anilines is 1. The van der Waals surface area contributed by atoms with Gasteiger partial charge in [-0.3, -0.25) is 9.59 Å². The first-order chi connectivity index (χ1) is 13.6. The summed E-state index contributed by atoms with van der Waals surface area (Å²) in [5.41, 5.74) is 1.55. The van der Waals surface area contributed by atoms with Crippen LogP contribution in [0.2, 0.25) is 0 Å². The Morgan fingerprint density at radius 2 is 2.00 bits per heavy atom. The third-order valence-electron chi connectivity index (χ3n) is 4.55. The molecule has 2 N–H and O–H groups in total. The van der Waals surface area contributed by atoms with Crippen molar-refractivity contribution in [3.8, 4) is 5.75 Å². The summed E-state index contributed by atoms with van der Waals surface area (Å²) in [4.78, 5) is 24.1. The highest BCUT2D eigenvalue weighted by molar-refractivity contribution is 5.91. The van der Waals surface area contributed by atoms with Crippen LogP contribution in [0.25, 0.3) is 0 Å². The molecule has 0 saturated carbocycles. The van der Waals surface area contributed by atoms with Crippen LogP contribution in [0.3, 0.4) is 0 Å². The van der Waals surface area contributed by atoms with E-state index in [4.69, 9.17) is 9.47 Å². The molecule has 1 aliphatic heterocycles. The Bertz CT molecular complexity index is 788. The van der Waals surface area contributed by atoms with E-state index in [1.807, 2.05) is 48.5 Å². The standard InChI is InChI=1S/C22H26N2O4/c1-16(25)23-21(17-7-3-2-4-8-17)14-22(26)24-18-9-5-10-19(13-18)28-15-20-11-6-12-27-20/h2-5,7-10,13,20-21H,6,11-12,14-15H2,1H3,(H,23,25)(H,24,26). The van der Waals surface area contributed by atoms with Crippen LogP contribution in [0.5, 0.6) is 5.75 Å². The molecule has 6 heteroatoms. The summed E-state index contributed by atoms with van der Waals surface area (Å²) in [5.74, 6) is 0.333. The molecular weight excluding hydrogens is 356 g/mol. The van der Waals surface area contributed by atoms with Crippen molar-refractivity contribution < 1.29 is 19.1 Å². The monoisotopic (exact) mass is 382 g/mol. The van der Waals surface area contributed by atoms with Gasteiger partial charge >= 0.3 is 0 Å². The van der Waals surface area contributed by atoms with E-state index in [0.717, 1.165) is 25.0 Å². The topological polar surface area (TPSA) is 76.7 Å². The molecule has 28 heavy (non-hydrogen) atoms. The van der Waals surface area contributed by atoms with Gasteiger partial charge < -0.3 is 20.1 Å². The molecule has 0 bridgehead atoms. The molecular formula is C22H26N2O4. The Balaban J connectivity index is 1.58. The van der Waals surface area contributed by atoms with E-state index in [1.165, 1.54) is 6.92 Å². The van der Waals surface area contributed by atoms with E-state index in [0.29, 0.717) is 18.0 Å². The number of carbonyl (C=O) groups excluding carboxylic acids is 2. The van der Waals surface area contributed by atoms with E-state index < -0.39 is 0 Å². The van der Waals surface area contributed by atoms with Crippen molar-refractivity contribution in [3.63, 3.8) is 0 Å². The number of carbonyl (C=O) groups is 2. The summed E-state index contributed by atoms with van der Waals surface area (Å²) in [6.45, 7) is 2.75. The Hall–Kier alpha value is -2.86. The summed E-state index contributed by atoms with van der Waals surface area (Å²) >= 11 is 0. The van der Waals surface area contributed by atoms with Gasteiger partial charge in [0, 0.05) is 25.3 Å². The van der Waals surface area contributed by atoms with Crippen LogP contribution in [-0.2, 0) is 14.3 Å². The molecule has 2 aromatic rings. The van der Waals surface area contributed by atoms with E-state index in [1.54, 1.807) is 6.07 Å². The molecule has 2 atom stereocenters. The second-order valence-electron chi connectivity index (χ2n) is 6.89. The molecule has 0 aromatic heterocycles. The van der Waals surface area contributed by atoms with Gasteiger partial charge in [-0.05, 0) is 30.5 Å². The van der Waals surface area contributed by atoms with Crippen molar-refractivity contribution in [2.24, 2.45) is 0 Å². The highest BCUT2D eigenvalue weighted by Gasteiger charge is 2.18. The molecule has 2 aromatic carbocycles. The Morgan fingerprint density at radius 3 is 2.71 bits per heavy atom. The van der Waals surface area contributed by atoms with Gasteiger partial charge in [0.05, 0.1) is 18.6 Å². The van der Waals surface area contributed by atoms with Crippen molar-refractivity contribution in [2.75, 3.05) is 18.5 Å². The summed E-state index contributed by atoms with van der Waals surface area (Å²) in [5, 5.41) is 5.72. The molecule has 2 unspecified atom stereocenters. The minimum absolute atomic E-state index is 0.141. The van der Waals surface area contributed by atoms with Crippen LogP contribution in [-0.4, -0.2) is 31.1 Å². The van der Waals surface area contributed by atoms with E-state index in [-0.39, 0.29) is 30.4 Å². The fraction of sp³-hybridized carbons (Fsp3) is 0.364. The van der Waals surface area contributed by atoms with Gasteiger partial charge in [-0.1, -0.05) is 36.4 Å². The molecule has 1 aliphatic rings. The smallest absolute Gasteiger partial charge is 0.226 e. The van der Waals surface area contributed by atoms with Gasteiger partial charge in [0.2, 0.25) is 11.8 Å². The van der Waals surface area contributed by atoms with Gasteiger partial charge in [-0.25, -0.2) is 0 Å². The van der Waals surface area contributed by atoms with Crippen LogP contribution in [0, 0.1) is 0 Å². The van der Waals surface area contributed by atoms with Gasteiger partial charge in [0.25, 0.3) is 0 Å². The van der Waals surface area contributed by atoms with Crippen LogP contribution in [0.15, 0.2) is 54.6 Å². The van der Waals surface area contributed by atoms with Crippen LogP contribution in [0.4, 0.5) is 5.69 Å². The third kappa shape index (κ3) is 6.09. The lowest BCUT2D eigenvalue weighted by atomic mass is 10.0. The average molecular weight is 382 g/mol. The zero-order valence-electron chi connectivity index (χ0n) is 16.0. The van der Waals surface area contributed by atoms with Gasteiger partial charge in [-0.2, -0.15) is 0 Å². The lowest BCUT2D eigenvalue weighted by Gasteiger charge is -2.18. The molecule has 1 saturated heterocycles. The first-order valence-corrected chi connectivity index (χ1v) is 9.56. The second-order valence-corrected chi connectivity index (χ2v) is 6.89. The molecule has 148 valence electrons. The lowest BCUT2D eigenvalue weighted by Crippen LogP contribution is -2.29. The zero-order chi connectivity index (χ0) is 19.8. The maximum atomic E-state index is 12.5. The fourth-order valence-corrected chi connectivity index (χ4v) is 3.21. The summed E-state index contributed by atoms with van der Waals surface area (Å²) in [6, 6.07) is 16.4. The molecule has 0 aliphatic carbocycles. The number of rotatable bonds is 8. The Labute approximate surface area is 165 Å². The molecule has 3 rings (SSSR count). The predicted molar refractivity (Wildman–Crippen MR) is 107 cm³/mol. The Kier molecular flexibility index (Phi) is 7.03. The van der Waals surface area contributed by atoms with Crippen molar-refractivity contribution in [1.29, 1.82) is 0 Å². The van der Waals surface area contributed by atoms with Crippen LogP contribution < -0.4 is 15.4 Å². The van der Waals surface area contributed by atoms with Crippen molar-refractivity contribution in [2.45, 2.75) is 38.3 Å². The van der Waals surface area contributed by atoms with Crippen LogP contribution in [0.1, 0.15) is 37.8 Å². The van der Waals surface area contributed by atoms with Crippen molar-refractivity contribution in [3.05, 3.63) is 60.2 Å². The number of nitrogens with one attached hydrogen (secondary N) is 2. The fourth-order valence-electron chi connectivity index (χ4n) is 3.21. The Morgan fingerprint density at radius 1 is 1.18 bits per heavy atom. The number of amides is 2. The lowest BCUT2D eigenvalue weighted by molar-refractivity contribution is -0.120. The van der Waals surface area contributed by atoms with Crippen LogP contribution >= 0.6 is 0 Å². The van der Waals surface area contributed by atoms with Crippen molar-refractivity contribution >= 4 is 17.5 Å². The highest BCUT2D eigenvalue weighted by Crippen LogP contribution is 2.21. The quantitative estimate of drug-likeness (QED) is 0.733. The van der Waals surface area contributed by atoms with E-state index >= 15 is 0 Å². The highest BCUT2D eigenvalue weighted by atomic mass is 16.5. The number of hydrogen-bond donors (Lipinski definition) is 2. The van der Waals surface area contributed by atoms with E-state index in [9.17, 15) is 9.59 Å². The maximum Gasteiger partial charge on any atom is 0.226 e. The number of hydrogen-bond acceptors (Lipinski definition) is 4. The summed E-state index contributed by atoms with van der Waals surface area (Å²) in [6.07, 6.45) is 2.37. The molecule has 6 nitrogen and oxygen atoms in total. The normalized spacial score (nSPS) is 17.0. The summed E-state index contributed by atoms with van der Waals surface area (Å²) < 4.78 is 11.3. The molecule has 1 fully saturated rings. The first kappa shape index (κ1) is 19.9. The first-order valence-electron chi connectivity index (χ1n) is 9.56. The number of ether oxygens (including phenoxy) is 2. The summed E-state index contributed by atoms with van der Waals surface area (Å²) in [7, 11) is 0. The second kappa shape index (κ2) is 9.90. The van der Waals surface area contributed by atoms with E-state index in [2.05, 4.69) is 10.6 Å².